The first-order chi connectivity index (χ1) is 14.6. The summed E-state index contributed by atoms with van der Waals surface area (Å²) in [6.45, 7) is 4.00. The van der Waals surface area contributed by atoms with Crippen LogP contribution in [-0.2, 0) is 9.63 Å². The van der Waals surface area contributed by atoms with Crippen molar-refractivity contribution in [3.63, 3.8) is 0 Å². The van der Waals surface area contributed by atoms with E-state index in [4.69, 9.17) is 23.8 Å². The molecule has 8 heteroatoms. The summed E-state index contributed by atoms with van der Waals surface area (Å²) < 4.78 is 21.4. The third kappa shape index (κ3) is 4.65. The lowest BCUT2D eigenvalue weighted by Gasteiger charge is -2.14. The maximum absolute atomic E-state index is 12.7. The molecule has 1 atom stereocenters. The molecule has 2 aromatic carbocycles. The van der Waals surface area contributed by atoms with Crippen LogP contribution in [0.25, 0.3) is 0 Å². The molecule has 0 radical (unpaired) electrons. The molecule has 2 aromatic rings. The van der Waals surface area contributed by atoms with E-state index in [2.05, 4.69) is 17.1 Å². The van der Waals surface area contributed by atoms with Gasteiger partial charge in [-0.3, -0.25) is 4.79 Å². The highest BCUT2D eigenvalue weighted by atomic mass is 16.6. The van der Waals surface area contributed by atoms with Crippen LogP contribution in [0.15, 0.2) is 54.2 Å². The summed E-state index contributed by atoms with van der Waals surface area (Å²) in [5.41, 5.74) is 1.91. The number of nitrogens with one attached hydrogen (secondary N) is 1. The summed E-state index contributed by atoms with van der Waals surface area (Å²) in [5, 5.41) is 6.89. The standard InChI is InChI=1S/C22H24N2O6/c1-5-10-29-19-8-6-14(11-20(19)28-4)16-13-21(30-24-16)22(25)23-17-12-15(26-2)7-9-18(17)27-3/h5-9,11-12,21H,1,10,13H2,2-4H3,(H,23,25). The van der Waals surface area contributed by atoms with Crippen molar-refractivity contribution in [3.8, 4) is 23.0 Å². The topological polar surface area (TPSA) is 87.6 Å². The molecular formula is C22H24N2O6. The molecule has 30 heavy (non-hydrogen) atoms. The average molecular weight is 412 g/mol. The van der Waals surface area contributed by atoms with Crippen LogP contribution in [0.2, 0.25) is 0 Å². The largest absolute Gasteiger partial charge is 0.497 e. The van der Waals surface area contributed by atoms with Gasteiger partial charge >= 0.3 is 0 Å². The highest BCUT2D eigenvalue weighted by molar-refractivity contribution is 6.06. The predicted octanol–water partition coefficient (Wildman–Crippen LogP) is 3.41. The number of ether oxygens (including phenoxy) is 4. The molecule has 1 heterocycles. The van der Waals surface area contributed by atoms with Crippen LogP contribution in [0.5, 0.6) is 23.0 Å². The zero-order chi connectivity index (χ0) is 21.5. The summed E-state index contributed by atoms with van der Waals surface area (Å²) in [6, 6.07) is 10.6. The fraction of sp³-hybridized carbons (Fsp3) is 0.273. The number of carbonyl (C=O) groups is 1. The van der Waals surface area contributed by atoms with Crippen LogP contribution < -0.4 is 24.3 Å². The molecule has 0 aromatic heterocycles. The van der Waals surface area contributed by atoms with E-state index in [0.717, 1.165) is 5.56 Å². The molecule has 0 saturated heterocycles. The quantitative estimate of drug-likeness (QED) is 0.635. The molecule has 0 saturated carbocycles. The first kappa shape index (κ1) is 21.0. The molecule has 1 aliphatic heterocycles. The molecule has 0 aliphatic carbocycles. The first-order valence-electron chi connectivity index (χ1n) is 9.27. The molecule has 0 bridgehead atoms. The maximum Gasteiger partial charge on any atom is 0.268 e. The van der Waals surface area contributed by atoms with E-state index >= 15 is 0 Å². The van der Waals surface area contributed by atoms with E-state index < -0.39 is 6.10 Å². The number of benzene rings is 2. The predicted molar refractivity (Wildman–Crippen MR) is 113 cm³/mol. The van der Waals surface area contributed by atoms with Gasteiger partial charge in [0.25, 0.3) is 5.91 Å². The Morgan fingerprint density at radius 1 is 1.13 bits per heavy atom. The average Bonchev–Trinajstić information content (AvgIpc) is 3.28. The molecule has 1 amide bonds. The number of carbonyl (C=O) groups excluding carboxylic acids is 1. The minimum atomic E-state index is -0.765. The monoisotopic (exact) mass is 412 g/mol. The lowest BCUT2D eigenvalue weighted by Crippen LogP contribution is -2.28. The third-order valence-corrected chi connectivity index (χ3v) is 4.48. The Balaban J connectivity index is 1.69. The van der Waals surface area contributed by atoms with Crippen molar-refractivity contribution < 1.29 is 28.6 Å². The number of nitrogens with zero attached hydrogens (tertiary/aromatic N) is 1. The molecule has 158 valence electrons. The fourth-order valence-electron chi connectivity index (χ4n) is 2.93. The summed E-state index contributed by atoms with van der Waals surface area (Å²) >= 11 is 0. The zero-order valence-electron chi connectivity index (χ0n) is 17.1. The lowest BCUT2D eigenvalue weighted by molar-refractivity contribution is -0.125. The minimum Gasteiger partial charge on any atom is -0.497 e. The second-order valence-corrected chi connectivity index (χ2v) is 6.36. The van der Waals surface area contributed by atoms with Crippen LogP contribution in [0, 0.1) is 0 Å². The Morgan fingerprint density at radius 3 is 2.60 bits per heavy atom. The van der Waals surface area contributed by atoms with Gasteiger partial charge in [0, 0.05) is 18.1 Å². The van der Waals surface area contributed by atoms with Crippen molar-refractivity contribution in [1.29, 1.82) is 0 Å². The highest BCUT2D eigenvalue weighted by Gasteiger charge is 2.30. The number of methoxy groups -OCH3 is 3. The molecule has 0 spiro atoms. The van der Waals surface area contributed by atoms with Crippen LogP contribution in [0.4, 0.5) is 5.69 Å². The summed E-state index contributed by atoms with van der Waals surface area (Å²) in [5.74, 6) is 1.94. The smallest absolute Gasteiger partial charge is 0.268 e. The summed E-state index contributed by atoms with van der Waals surface area (Å²) in [6.07, 6.45) is 1.20. The van der Waals surface area contributed by atoms with Gasteiger partial charge in [-0.1, -0.05) is 17.8 Å². The van der Waals surface area contributed by atoms with E-state index in [1.165, 1.54) is 7.11 Å². The van der Waals surface area contributed by atoms with Gasteiger partial charge < -0.3 is 29.1 Å². The van der Waals surface area contributed by atoms with Crippen LogP contribution in [0.1, 0.15) is 12.0 Å². The lowest BCUT2D eigenvalue weighted by atomic mass is 10.0. The molecule has 0 fully saturated rings. The van der Waals surface area contributed by atoms with Gasteiger partial charge in [0.05, 0.1) is 32.7 Å². The van der Waals surface area contributed by atoms with Gasteiger partial charge in [-0.2, -0.15) is 0 Å². The first-order valence-corrected chi connectivity index (χ1v) is 9.27. The Kier molecular flexibility index (Phi) is 6.79. The van der Waals surface area contributed by atoms with Gasteiger partial charge in [-0.15, -0.1) is 0 Å². The molecule has 1 unspecified atom stereocenters. The number of anilines is 1. The number of oxime groups is 1. The number of hydrogen-bond acceptors (Lipinski definition) is 7. The van der Waals surface area contributed by atoms with E-state index in [9.17, 15) is 4.79 Å². The highest BCUT2D eigenvalue weighted by Crippen LogP contribution is 2.31. The van der Waals surface area contributed by atoms with Crippen LogP contribution in [-0.4, -0.2) is 45.7 Å². The van der Waals surface area contributed by atoms with Gasteiger partial charge in [-0.25, -0.2) is 0 Å². The zero-order valence-corrected chi connectivity index (χ0v) is 17.1. The van der Waals surface area contributed by atoms with Crippen LogP contribution >= 0.6 is 0 Å². The maximum atomic E-state index is 12.7. The summed E-state index contributed by atoms with van der Waals surface area (Å²) in [7, 11) is 4.64. The van der Waals surface area contributed by atoms with Crippen molar-refractivity contribution in [2.24, 2.45) is 5.16 Å². The molecule has 3 rings (SSSR count). The molecule has 8 nitrogen and oxygen atoms in total. The van der Waals surface area contributed by atoms with Crippen molar-refractivity contribution in [1.82, 2.24) is 0 Å². The summed E-state index contributed by atoms with van der Waals surface area (Å²) in [4.78, 5) is 18.1. The van der Waals surface area contributed by atoms with Crippen molar-refractivity contribution in [3.05, 3.63) is 54.6 Å². The number of hydrogen-bond donors (Lipinski definition) is 1. The van der Waals surface area contributed by atoms with E-state index in [1.807, 2.05) is 6.07 Å². The Morgan fingerprint density at radius 2 is 1.90 bits per heavy atom. The van der Waals surface area contributed by atoms with Crippen molar-refractivity contribution >= 4 is 17.3 Å². The Labute approximate surface area is 175 Å². The SMILES string of the molecule is C=CCOc1ccc(C2=NOC(C(=O)Nc3cc(OC)ccc3OC)C2)cc1OC. The van der Waals surface area contributed by atoms with Gasteiger partial charge in [-0.05, 0) is 30.3 Å². The van der Waals surface area contributed by atoms with Crippen molar-refractivity contribution in [2.45, 2.75) is 12.5 Å². The third-order valence-electron chi connectivity index (χ3n) is 4.48. The molecule has 1 aliphatic rings. The minimum absolute atomic E-state index is 0.314. The Hall–Kier alpha value is -3.68. The number of rotatable bonds is 9. The van der Waals surface area contributed by atoms with E-state index in [0.29, 0.717) is 47.4 Å². The molecular weight excluding hydrogens is 388 g/mol. The van der Waals surface area contributed by atoms with Gasteiger partial charge in [0.1, 0.15) is 18.1 Å². The second-order valence-electron chi connectivity index (χ2n) is 6.36. The van der Waals surface area contributed by atoms with Crippen molar-refractivity contribution in [2.75, 3.05) is 33.3 Å². The van der Waals surface area contributed by atoms with Gasteiger partial charge in [0.15, 0.2) is 11.5 Å². The second kappa shape index (κ2) is 9.69. The van der Waals surface area contributed by atoms with E-state index in [1.54, 1.807) is 50.6 Å². The van der Waals surface area contributed by atoms with E-state index in [-0.39, 0.29) is 5.91 Å². The fourth-order valence-corrected chi connectivity index (χ4v) is 2.93. The Bertz CT molecular complexity index is 957. The molecule has 1 N–H and O–H groups in total. The number of amides is 1. The van der Waals surface area contributed by atoms with Gasteiger partial charge in [0.2, 0.25) is 6.10 Å². The van der Waals surface area contributed by atoms with Crippen LogP contribution in [0.3, 0.4) is 0 Å². The normalized spacial score (nSPS) is 14.9.